The molecule has 31 heavy (non-hydrogen) atoms. The zero-order valence-electron chi connectivity index (χ0n) is 17.5. The molecule has 9 nitrogen and oxygen atoms in total. The van der Waals surface area contributed by atoms with Crippen molar-refractivity contribution in [2.75, 3.05) is 27.4 Å². The van der Waals surface area contributed by atoms with E-state index in [1.54, 1.807) is 55.8 Å². The summed E-state index contributed by atoms with van der Waals surface area (Å²) in [5.74, 6) is 2.03. The molecule has 1 amide bonds. The van der Waals surface area contributed by atoms with Gasteiger partial charge in [0, 0.05) is 18.9 Å². The van der Waals surface area contributed by atoms with Crippen molar-refractivity contribution in [1.82, 2.24) is 20.1 Å². The van der Waals surface area contributed by atoms with Gasteiger partial charge in [0.05, 0.1) is 19.8 Å². The van der Waals surface area contributed by atoms with Crippen LogP contribution in [0, 0.1) is 0 Å². The molecule has 9 heteroatoms. The van der Waals surface area contributed by atoms with Gasteiger partial charge in [0.15, 0.2) is 18.1 Å². The Hall–Kier alpha value is -3.62. The predicted octanol–water partition coefficient (Wildman–Crippen LogP) is 3.28. The van der Waals surface area contributed by atoms with Crippen molar-refractivity contribution in [1.29, 1.82) is 0 Å². The molecule has 2 aromatic heterocycles. The first-order valence-corrected chi connectivity index (χ1v) is 10.1. The summed E-state index contributed by atoms with van der Waals surface area (Å²) in [6.45, 7) is 0.442. The van der Waals surface area contributed by atoms with E-state index in [1.807, 2.05) is 6.07 Å². The van der Waals surface area contributed by atoms with Crippen molar-refractivity contribution < 1.29 is 23.4 Å². The van der Waals surface area contributed by atoms with Crippen molar-refractivity contribution in [3.63, 3.8) is 0 Å². The number of carbonyl (C=O) groups excluding carboxylic acids is 1. The summed E-state index contributed by atoms with van der Waals surface area (Å²) in [5, 5.41) is 8.34. The monoisotopic (exact) mass is 424 g/mol. The Morgan fingerprint density at radius 1 is 1.13 bits per heavy atom. The highest BCUT2D eigenvalue weighted by Crippen LogP contribution is 2.37. The molecule has 1 fully saturated rings. The van der Waals surface area contributed by atoms with Gasteiger partial charge in [-0.3, -0.25) is 9.78 Å². The van der Waals surface area contributed by atoms with Gasteiger partial charge in [-0.25, -0.2) is 0 Å². The number of amides is 1. The molecule has 0 bridgehead atoms. The number of ether oxygens (including phenoxy) is 3. The Labute approximate surface area is 180 Å². The van der Waals surface area contributed by atoms with E-state index in [2.05, 4.69) is 15.2 Å². The molecule has 0 radical (unpaired) electrons. The maximum absolute atomic E-state index is 13.1. The average molecular weight is 424 g/mol. The smallest absolute Gasteiger partial charge is 0.261 e. The molecule has 0 unspecified atom stereocenters. The van der Waals surface area contributed by atoms with Gasteiger partial charge in [0.2, 0.25) is 17.5 Å². The van der Waals surface area contributed by atoms with Crippen LogP contribution >= 0.6 is 0 Å². The molecular weight excluding hydrogens is 400 g/mol. The van der Waals surface area contributed by atoms with Gasteiger partial charge < -0.3 is 23.5 Å². The van der Waals surface area contributed by atoms with Gasteiger partial charge in [-0.2, -0.15) is 0 Å². The predicted molar refractivity (Wildman–Crippen MR) is 111 cm³/mol. The van der Waals surface area contributed by atoms with Crippen LogP contribution in [0.5, 0.6) is 17.2 Å². The Morgan fingerprint density at radius 3 is 2.65 bits per heavy atom. The second-order valence-corrected chi connectivity index (χ2v) is 7.07. The Balaban J connectivity index is 1.49. The molecule has 4 rings (SSSR count). The number of hydrogen-bond acceptors (Lipinski definition) is 8. The molecule has 1 atom stereocenters. The second-order valence-electron chi connectivity index (χ2n) is 7.07. The third kappa shape index (κ3) is 4.45. The van der Waals surface area contributed by atoms with Gasteiger partial charge in [-0.1, -0.05) is 6.07 Å². The molecule has 0 spiro atoms. The first-order valence-electron chi connectivity index (χ1n) is 10.1. The molecule has 1 aliphatic rings. The molecule has 0 saturated carbocycles. The highest BCUT2D eigenvalue weighted by molar-refractivity contribution is 5.78. The first kappa shape index (κ1) is 20.6. The number of carbonyl (C=O) groups is 1. The van der Waals surface area contributed by atoms with Crippen LogP contribution in [0.3, 0.4) is 0 Å². The number of likely N-dealkylation sites (tertiary alicyclic amines) is 1. The standard InChI is InChI=1S/C22H24N4O5/c1-28-17-9-5-10-18(29-2)20(17)30-14-19(27)26-12-4-3-8-16(26)22-25-24-21(31-22)15-7-6-11-23-13-15/h5-7,9-11,13,16H,3-4,8,12,14H2,1-2H3/t16-/m1/s1. The summed E-state index contributed by atoms with van der Waals surface area (Å²) in [4.78, 5) is 18.9. The summed E-state index contributed by atoms with van der Waals surface area (Å²) in [6.07, 6.45) is 5.97. The third-order valence-corrected chi connectivity index (χ3v) is 5.18. The maximum atomic E-state index is 13.1. The van der Waals surface area contributed by atoms with E-state index < -0.39 is 0 Å². The van der Waals surface area contributed by atoms with Crippen LogP contribution in [-0.4, -0.2) is 53.4 Å². The Morgan fingerprint density at radius 2 is 1.94 bits per heavy atom. The van der Waals surface area contributed by atoms with Gasteiger partial charge in [-0.15, -0.1) is 10.2 Å². The summed E-state index contributed by atoms with van der Waals surface area (Å²) in [7, 11) is 3.08. The normalized spacial score (nSPS) is 16.1. The summed E-state index contributed by atoms with van der Waals surface area (Å²) < 4.78 is 22.4. The Kier molecular flexibility index (Phi) is 6.30. The topological polar surface area (TPSA) is 99.8 Å². The lowest BCUT2D eigenvalue weighted by Gasteiger charge is -2.33. The van der Waals surface area contributed by atoms with Gasteiger partial charge in [0.1, 0.15) is 6.04 Å². The van der Waals surface area contributed by atoms with E-state index in [-0.39, 0.29) is 18.6 Å². The number of benzene rings is 1. The van der Waals surface area contributed by atoms with Crippen LogP contribution in [0.2, 0.25) is 0 Å². The van der Waals surface area contributed by atoms with Crippen molar-refractivity contribution in [3.8, 4) is 28.7 Å². The molecular formula is C22H24N4O5. The number of para-hydroxylation sites is 1. The zero-order chi connectivity index (χ0) is 21.6. The SMILES string of the molecule is COc1cccc(OC)c1OCC(=O)N1CCCC[C@@H]1c1nnc(-c2cccnc2)o1. The number of aromatic nitrogens is 3. The second kappa shape index (κ2) is 9.46. The molecule has 1 aromatic carbocycles. The lowest BCUT2D eigenvalue weighted by Crippen LogP contribution is -2.41. The highest BCUT2D eigenvalue weighted by Gasteiger charge is 2.32. The van der Waals surface area contributed by atoms with Crippen molar-refractivity contribution in [2.45, 2.75) is 25.3 Å². The Bertz CT molecular complexity index is 1000. The molecule has 3 aromatic rings. The maximum Gasteiger partial charge on any atom is 0.261 e. The van der Waals surface area contributed by atoms with Crippen LogP contribution in [0.15, 0.2) is 47.1 Å². The van der Waals surface area contributed by atoms with Gasteiger partial charge in [0.25, 0.3) is 5.91 Å². The zero-order valence-corrected chi connectivity index (χ0v) is 17.5. The third-order valence-electron chi connectivity index (χ3n) is 5.18. The van der Waals surface area contributed by atoms with E-state index in [1.165, 1.54) is 0 Å². The summed E-state index contributed by atoms with van der Waals surface area (Å²) in [6, 6.07) is 8.67. The van der Waals surface area contributed by atoms with Gasteiger partial charge in [-0.05, 0) is 43.5 Å². The molecule has 0 N–H and O–H groups in total. The van der Waals surface area contributed by atoms with E-state index in [0.29, 0.717) is 35.6 Å². The van der Waals surface area contributed by atoms with Crippen molar-refractivity contribution in [2.24, 2.45) is 0 Å². The fourth-order valence-corrected chi connectivity index (χ4v) is 3.64. The van der Waals surface area contributed by atoms with Crippen LogP contribution in [0.25, 0.3) is 11.5 Å². The number of piperidine rings is 1. The number of nitrogens with zero attached hydrogens (tertiary/aromatic N) is 4. The number of hydrogen-bond donors (Lipinski definition) is 0. The molecule has 1 saturated heterocycles. The number of rotatable bonds is 7. The van der Waals surface area contributed by atoms with E-state index in [0.717, 1.165) is 24.8 Å². The average Bonchev–Trinajstić information content (AvgIpc) is 3.33. The fraction of sp³-hybridized carbons (Fsp3) is 0.364. The van der Waals surface area contributed by atoms with Crippen LogP contribution in [0.1, 0.15) is 31.2 Å². The van der Waals surface area contributed by atoms with Crippen LogP contribution in [-0.2, 0) is 4.79 Å². The minimum atomic E-state index is -0.290. The lowest BCUT2D eigenvalue weighted by atomic mass is 10.0. The van der Waals surface area contributed by atoms with Gasteiger partial charge >= 0.3 is 0 Å². The minimum absolute atomic E-state index is 0.156. The highest BCUT2D eigenvalue weighted by atomic mass is 16.5. The van der Waals surface area contributed by atoms with E-state index >= 15 is 0 Å². The largest absolute Gasteiger partial charge is 0.493 e. The molecule has 0 aliphatic carbocycles. The fourth-order valence-electron chi connectivity index (χ4n) is 3.64. The molecule has 1 aliphatic heterocycles. The quantitative estimate of drug-likeness (QED) is 0.570. The van der Waals surface area contributed by atoms with E-state index in [9.17, 15) is 4.79 Å². The number of pyridine rings is 1. The summed E-state index contributed by atoms with van der Waals surface area (Å²) >= 11 is 0. The van der Waals surface area contributed by atoms with Crippen molar-refractivity contribution >= 4 is 5.91 Å². The minimum Gasteiger partial charge on any atom is -0.493 e. The lowest BCUT2D eigenvalue weighted by molar-refractivity contribution is -0.137. The summed E-state index contributed by atoms with van der Waals surface area (Å²) in [5.41, 5.74) is 0.738. The number of methoxy groups -OCH3 is 2. The van der Waals surface area contributed by atoms with Crippen molar-refractivity contribution in [3.05, 3.63) is 48.6 Å². The van der Waals surface area contributed by atoms with Crippen LogP contribution in [0.4, 0.5) is 0 Å². The van der Waals surface area contributed by atoms with Crippen LogP contribution < -0.4 is 14.2 Å². The molecule has 3 heterocycles. The molecule has 162 valence electrons. The first-order chi connectivity index (χ1) is 15.2. The van der Waals surface area contributed by atoms with E-state index in [4.69, 9.17) is 18.6 Å².